The van der Waals surface area contributed by atoms with E-state index in [2.05, 4.69) is 5.32 Å². The second-order valence-corrected chi connectivity index (χ2v) is 4.67. The lowest BCUT2D eigenvalue weighted by Crippen LogP contribution is -2.33. The highest BCUT2D eigenvalue weighted by molar-refractivity contribution is 5.80. The number of carbonyl (C=O) groups excluding carboxylic acids is 1. The number of carbonyl (C=O) groups is 1. The molecule has 1 unspecified atom stereocenters. The molecular weight excluding hydrogens is 242 g/mol. The molecule has 19 heavy (non-hydrogen) atoms. The molecule has 0 aliphatic carbocycles. The fourth-order valence-corrected chi connectivity index (χ4v) is 2.06. The molecule has 0 aromatic heterocycles. The molecule has 1 N–H and O–H groups in total. The molecule has 4 heteroatoms. The highest BCUT2D eigenvalue weighted by Crippen LogP contribution is 2.12. The van der Waals surface area contributed by atoms with Crippen LogP contribution in [0.1, 0.15) is 30.9 Å². The summed E-state index contributed by atoms with van der Waals surface area (Å²) in [6.45, 7) is 4.59. The summed E-state index contributed by atoms with van der Waals surface area (Å²) in [6.07, 6.45) is 1.56. The molecule has 1 aromatic carbocycles. The van der Waals surface area contributed by atoms with E-state index in [-0.39, 0.29) is 12.0 Å². The van der Waals surface area contributed by atoms with E-state index in [1.807, 2.05) is 31.2 Å². The number of hydrogen-bond acceptors (Lipinski definition) is 3. The minimum absolute atomic E-state index is 0.00380. The maximum Gasteiger partial charge on any atom is 0.249 e. The van der Waals surface area contributed by atoms with E-state index in [0.29, 0.717) is 19.8 Å². The first-order valence-electron chi connectivity index (χ1n) is 6.84. The summed E-state index contributed by atoms with van der Waals surface area (Å²) in [5.41, 5.74) is 2.24. The van der Waals surface area contributed by atoms with E-state index in [9.17, 15) is 4.79 Å². The zero-order chi connectivity index (χ0) is 13.5. The highest BCUT2D eigenvalue weighted by atomic mass is 16.5. The van der Waals surface area contributed by atoms with Crippen molar-refractivity contribution >= 4 is 5.91 Å². The molecule has 2 rings (SSSR count). The van der Waals surface area contributed by atoms with Gasteiger partial charge in [0.25, 0.3) is 0 Å². The molecule has 104 valence electrons. The lowest BCUT2D eigenvalue weighted by Gasteiger charge is -2.10. The topological polar surface area (TPSA) is 47.6 Å². The second-order valence-electron chi connectivity index (χ2n) is 4.67. The highest BCUT2D eigenvalue weighted by Gasteiger charge is 2.22. The summed E-state index contributed by atoms with van der Waals surface area (Å²) in [6, 6.07) is 8.10. The third-order valence-corrected chi connectivity index (χ3v) is 3.18. The van der Waals surface area contributed by atoms with Gasteiger partial charge in [-0.15, -0.1) is 0 Å². The zero-order valence-electron chi connectivity index (χ0n) is 11.4. The molecule has 1 aliphatic rings. The van der Waals surface area contributed by atoms with E-state index in [4.69, 9.17) is 9.47 Å². The van der Waals surface area contributed by atoms with E-state index in [0.717, 1.165) is 30.6 Å². The number of ether oxygens (including phenoxy) is 2. The van der Waals surface area contributed by atoms with Crippen molar-refractivity contribution < 1.29 is 14.3 Å². The summed E-state index contributed by atoms with van der Waals surface area (Å²) in [4.78, 5) is 11.8. The minimum atomic E-state index is -0.253. The van der Waals surface area contributed by atoms with Crippen LogP contribution in [0.3, 0.4) is 0 Å². The molecule has 1 aliphatic heterocycles. The van der Waals surface area contributed by atoms with Gasteiger partial charge < -0.3 is 14.8 Å². The van der Waals surface area contributed by atoms with Gasteiger partial charge in [0.2, 0.25) is 5.91 Å². The van der Waals surface area contributed by atoms with Gasteiger partial charge >= 0.3 is 0 Å². The maximum atomic E-state index is 11.8. The molecule has 0 spiro atoms. The van der Waals surface area contributed by atoms with Gasteiger partial charge in [-0.05, 0) is 30.9 Å². The second kappa shape index (κ2) is 7.26. The fraction of sp³-hybridized carbons (Fsp3) is 0.533. The number of benzene rings is 1. The number of rotatable bonds is 6. The zero-order valence-corrected chi connectivity index (χ0v) is 11.4. The quantitative estimate of drug-likeness (QED) is 0.854. The maximum absolute atomic E-state index is 11.8. The van der Waals surface area contributed by atoms with Crippen LogP contribution in [0.2, 0.25) is 0 Å². The Morgan fingerprint density at radius 3 is 2.74 bits per heavy atom. The number of amides is 1. The van der Waals surface area contributed by atoms with Crippen molar-refractivity contribution in [1.29, 1.82) is 0 Å². The molecule has 1 aromatic rings. The van der Waals surface area contributed by atoms with E-state index in [1.54, 1.807) is 0 Å². The average Bonchev–Trinajstić information content (AvgIpc) is 2.98. The molecule has 0 radical (unpaired) electrons. The van der Waals surface area contributed by atoms with E-state index in [1.165, 1.54) is 0 Å². The van der Waals surface area contributed by atoms with Crippen molar-refractivity contribution in [3.05, 3.63) is 35.4 Å². The van der Waals surface area contributed by atoms with Crippen LogP contribution in [-0.2, 0) is 27.4 Å². The predicted molar refractivity (Wildman–Crippen MR) is 72.6 cm³/mol. The van der Waals surface area contributed by atoms with Gasteiger partial charge in [-0.3, -0.25) is 4.79 Å². The third-order valence-electron chi connectivity index (χ3n) is 3.18. The standard InChI is InChI=1S/C15H21NO3/c1-2-18-11-13-7-5-12(6-8-13)10-16-15(17)14-4-3-9-19-14/h5-8,14H,2-4,9-11H2,1H3,(H,16,17). The van der Waals surface area contributed by atoms with Gasteiger partial charge in [-0.1, -0.05) is 24.3 Å². The van der Waals surface area contributed by atoms with Crippen LogP contribution in [0.4, 0.5) is 0 Å². The van der Waals surface area contributed by atoms with Crippen molar-refractivity contribution in [3.63, 3.8) is 0 Å². The molecule has 4 nitrogen and oxygen atoms in total. The van der Waals surface area contributed by atoms with Gasteiger partial charge in [0.1, 0.15) is 6.10 Å². The Morgan fingerprint density at radius 2 is 2.11 bits per heavy atom. The third kappa shape index (κ3) is 4.33. The summed E-state index contributed by atoms with van der Waals surface area (Å²) in [5, 5.41) is 2.91. The first kappa shape index (κ1) is 14.0. The Balaban J connectivity index is 1.77. The number of nitrogens with one attached hydrogen (secondary N) is 1. The van der Waals surface area contributed by atoms with Crippen LogP contribution < -0.4 is 5.32 Å². The van der Waals surface area contributed by atoms with Crippen LogP contribution in [0.15, 0.2) is 24.3 Å². The van der Waals surface area contributed by atoms with Crippen LogP contribution in [0.5, 0.6) is 0 Å². The molecule has 1 atom stereocenters. The Hall–Kier alpha value is -1.39. The van der Waals surface area contributed by atoms with Crippen LogP contribution in [-0.4, -0.2) is 25.2 Å². The first-order valence-corrected chi connectivity index (χ1v) is 6.84. The van der Waals surface area contributed by atoms with Gasteiger partial charge in [0.15, 0.2) is 0 Å². The normalized spacial score (nSPS) is 18.5. The lowest BCUT2D eigenvalue weighted by molar-refractivity contribution is -0.130. The van der Waals surface area contributed by atoms with Crippen molar-refractivity contribution in [2.24, 2.45) is 0 Å². The van der Waals surface area contributed by atoms with Crippen LogP contribution >= 0.6 is 0 Å². The van der Waals surface area contributed by atoms with Gasteiger partial charge in [0, 0.05) is 19.8 Å². The monoisotopic (exact) mass is 263 g/mol. The molecule has 1 saturated heterocycles. The smallest absolute Gasteiger partial charge is 0.249 e. The SMILES string of the molecule is CCOCc1ccc(CNC(=O)C2CCCO2)cc1. The Kier molecular flexibility index (Phi) is 5.36. The Bertz CT molecular complexity index is 396. The van der Waals surface area contributed by atoms with Gasteiger partial charge in [0.05, 0.1) is 6.61 Å². The molecular formula is C15H21NO3. The summed E-state index contributed by atoms with van der Waals surface area (Å²) < 4.78 is 10.7. The molecule has 1 fully saturated rings. The largest absolute Gasteiger partial charge is 0.377 e. The minimum Gasteiger partial charge on any atom is -0.377 e. The van der Waals surface area contributed by atoms with Crippen LogP contribution in [0, 0.1) is 0 Å². The predicted octanol–water partition coefficient (Wildman–Crippen LogP) is 2.02. The van der Waals surface area contributed by atoms with Gasteiger partial charge in [-0.25, -0.2) is 0 Å². The summed E-state index contributed by atoms with van der Waals surface area (Å²) in [7, 11) is 0. The Labute approximate surface area is 114 Å². The average molecular weight is 263 g/mol. The molecule has 1 amide bonds. The van der Waals surface area contributed by atoms with Crippen molar-refractivity contribution in [1.82, 2.24) is 5.32 Å². The van der Waals surface area contributed by atoms with E-state index < -0.39 is 0 Å². The number of hydrogen-bond donors (Lipinski definition) is 1. The fourth-order valence-electron chi connectivity index (χ4n) is 2.06. The summed E-state index contributed by atoms with van der Waals surface area (Å²) >= 11 is 0. The lowest BCUT2D eigenvalue weighted by atomic mass is 10.1. The van der Waals surface area contributed by atoms with Crippen LogP contribution in [0.25, 0.3) is 0 Å². The van der Waals surface area contributed by atoms with Crippen molar-refractivity contribution in [2.75, 3.05) is 13.2 Å². The van der Waals surface area contributed by atoms with Crippen molar-refractivity contribution in [2.45, 2.75) is 39.0 Å². The molecule has 1 heterocycles. The first-order chi connectivity index (χ1) is 9.29. The van der Waals surface area contributed by atoms with Gasteiger partial charge in [-0.2, -0.15) is 0 Å². The van der Waals surface area contributed by atoms with Crippen molar-refractivity contribution in [3.8, 4) is 0 Å². The van der Waals surface area contributed by atoms with E-state index >= 15 is 0 Å². The summed E-state index contributed by atoms with van der Waals surface area (Å²) in [5.74, 6) is -0.00380. The Morgan fingerprint density at radius 1 is 1.37 bits per heavy atom. The molecule has 0 saturated carbocycles. The molecule has 0 bridgehead atoms.